The van der Waals surface area contributed by atoms with Gasteiger partial charge in [0.15, 0.2) is 0 Å². The van der Waals surface area contributed by atoms with Crippen LogP contribution in [0, 0.1) is 13.8 Å². The zero-order chi connectivity index (χ0) is 11.1. The summed E-state index contributed by atoms with van der Waals surface area (Å²) in [6.07, 6.45) is 2.48. The second-order valence-electron chi connectivity index (χ2n) is 4.68. The summed E-state index contributed by atoms with van der Waals surface area (Å²) < 4.78 is 0. The Bertz CT molecular complexity index is 386. The van der Waals surface area contributed by atoms with Gasteiger partial charge < -0.3 is 10.8 Å². The molecule has 0 radical (unpaired) electrons. The van der Waals surface area contributed by atoms with Gasteiger partial charge in [0.1, 0.15) is 0 Å². The number of hydrogen-bond acceptors (Lipinski definition) is 2. The molecule has 1 atom stereocenters. The van der Waals surface area contributed by atoms with Gasteiger partial charge in [0, 0.05) is 0 Å². The molecule has 0 aliphatic heterocycles. The molecule has 0 bridgehead atoms. The van der Waals surface area contributed by atoms with Gasteiger partial charge in [0.05, 0.1) is 5.60 Å². The minimum atomic E-state index is -0.666. The van der Waals surface area contributed by atoms with E-state index in [1.165, 1.54) is 16.7 Å². The normalized spacial score (nSPS) is 24.3. The van der Waals surface area contributed by atoms with Crippen LogP contribution in [0.3, 0.4) is 0 Å². The molecule has 15 heavy (non-hydrogen) atoms. The van der Waals surface area contributed by atoms with E-state index in [1.807, 2.05) is 0 Å². The number of benzene rings is 1. The van der Waals surface area contributed by atoms with Crippen LogP contribution < -0.4 is 5.73 Å². The van der Waals surface area contributed by atoms with Crippen LogP contribution in [0.15, 0.2) is 12.1 Å². The molecular weight excluding hydrogens is 186 g/mol. The molecule has 2 nitrogen and oxygen atoms in total. The van der Waals surface area contributed by atoms with Crippen molar-refractivity contribution in [1.29, 1.82) is 0 Å². The Hall–Kier alpha value is -0.860. The average molecular weight is 205 g/mol. The number of aliphatic hydroxyl groups is 1. The summed E-state index contributed by atoms with van der Waals surface area (Å²) >= 11 is 0. The predicted octanol–water partition coefficient (Wildman–Crippen LogP) is 1.79. The summed E-state index contributed by atoms with van der Waals surface area (Å²) in [4.78, 5) is 0. The van der Waals surface area contributed by atoms with Gasteiger partial charge in [-0.05, 0) is 56.3 Å². The van der Waals surface area contributed by atoms with Gasteiger partial charge in [-0.25, -0.2) is 0 Å². The highest BCUT2D eigenvalue weighted by Gasteiger charge is 2.36. The van der Waals surface area contributed by atoms with E-state index in [4.69, 9.17) is 5.73 Å². The van der Waals surface area contributed by atoms with Crippen LogP contribution in [0.1, 0.15) is 35.1 Å². The SMILES string of the molecule is Cc1cc(C)c2c(c1)C(O)(CCN)CC2. The molecule has 1 aliphatic carbocycles. The molecule has 82 valence electrons. The first-order chi connectivity index (χ1) is 7.07. The zero-order valence-electron chi connectivity index (χ0n) is 9.51. The molecule has 0 spiro atoms. The van der Waals surface area contributed by atoms with Crippen LogP contribution in [0.25, 0.3) is 0 Å². The third-order valence-electron chi connectivity index (χ3n) is 3.47. The van der Waals surface area contributed by atoms with E-state index in [9.17, 15) is 5.11 Å². The molecule has 0 heterocycles. The van der Waals surface area contributed by atoms with Crippen LogP contribution in [0.4, 0.5) is 0 Å². The van der Waals surface area contributed by atoms with Crippen molar-refractivity contribution in [3.05, 3.63) is 34.4 Å². The molecule has 0 fully saturated rings. The summed E-state index contributed by atoms with van der Waals surface area (Å²) in [6, 6.07) is 4.30. The second kappa shape index (κ2) is 3.62. The molecule has 0 aromatic heterocycles. The summed E-state index contributed by atoms with van der Waals surface area (Å²) in [7, 11) is 0. The van der Waals surface area contributed by atoms with Gasteiger partial charge in [0.25, 0.3) is 0 Å². The Morgan fingerprint density at radius 2 is 2.13 bits per heavy atom. The lowest BCUT2D eigenvalue weighted by Crippen LogP contribution is -2.26. The largest absolute Gasteiger partial charge is 0.385 e. The summed E-state index contributed by atoms with van der Waals surface area (Å²) in [5, 5.41) is 10.5. The third kappa shape index (κ3) is 1.68. The van der Waals surface area contributed by atoms with Gasteiger partial charge >= 0.3 is 0 Å². The molecule has 3 N–H and O–H groups in total. The van der Waals surface area contributed by atoms with Crippen molar-refractivity contribution in [2.45, 2.75) is 38.7 Å². The van der Waals surface area contributed by atoms with Crippen LogP contribution in [-0.4, -0.2) is 11.7 Å². The number of hydrogen-bond donors (Lipinski definition) is 2. The minimum absolute atomic E-state index is 0.545. The monoisotopic (exact) mass is 205 g/mol. The Labute approximate surface area is 91.1 Å². The smallest absolute Gasteiger partial charge is 0.0914 e. The summed E-state index contributed by atoms with van der Waals surface area (Å²) in [5.74, 6) is 0. The van der Waals surface area contributed by atoms with Gasteiger partial charge in [-0.1, -0.05) is 17.7 Å². The van der Waals surface area contributed by atoms with Crippen LogP contribution in [0.2, 0.25) is 0 Å². The van der Waals surface area contributed by atoms with E-state index >= 15 is 0 Å². The molecule has 1 aromatic carbocycles. The van der Waals surface area contributed by atoms with E-state index in [0.717, 1.165) is 18.4 Å². The Balaban J connectivity index is 2.50. The first kappa shape index (κ1) is 10.7. The lowest BCUT2D eigenvalue weighted by Gasteiger charge is -2.23. The van der Waals surface area contributed by atoms with Crippen molar-refractivity contribution < 1.29 is 5.11 Å². The number of aryl methyl sites for hydroxylation is 2. The van der Waals surface area contributed by atoms with Crippen LogP contribution >= 0.6 is 0 Å². The molecule has 0 amide bonds. The van der Waals surface area contributed by atoms with Gasteiger partial charge in [-0.3, -0.25) is 0 Å². The third-order valence-corrected chi connectivity index (χ3v) is 3.47. The fraction of sp³-hybridized carbons (Fsp3) is 0.538. The van der Waals surface area contributed by atoms with Crippen molar-refractivity contribution in [2.75, 3.05) is 6.54 Å². The van der Waals surface area contributed by atoms with Crippen LogP contribution in [0.5, 0.6) is 0 Å². The molecule has 2 heteroatoms. The molecular formula is C13H19NO. The van der Waals surface area contributed by atoms with E-state index in [2.05, 4.69) is 26.0 Å². The first-order valence-electron chi connectivity index (χ1n) is 5.60. The first-order valence-corrected chi connectivity index (χ1v) is 5.60. The van der Waals surface area contributed by atoms with Crippen molar-refractivity contribution in [2.24, 2.45) is 5.73 Å². The predicted molar refractivity (Wildman–Crippen MR) is 61.8 cm³/mol. The Kier molecular flexibility index (Phi) is 2.57. The summed E-state index contributed by atoms with van der Waals surface area (Å²) in [6.45, 7) is 4.75. The highest BCUT2D eigenvalue weighted by molar-refractivity contribution is 5.45. The summed E-state index contributed by atoms with van der Waals surface area (Å²) in [5.41, 5.74) is 9.88. The second-order valence-corrected chi connectivity index (χ2v) is 4.68. The van der Waals surface area contributed by atoms with E-state index in [0.29, 0.717) is 13.0 Å². The zero-order valence-corrected chi connectivity index (χ0v) is 9.51. The maximum atomic E-state index is 10.5. The van der Waals surface area contributed by atoms with Gasteiger partial charge in [-0.2, -0.15) is 0 Å². The quantitative estimate of drug-likeness (QED) is 0.773. The lowest BCUT2D eigenvalue weighted by molar-refractivity contribution is 0.0320. The molecule has 1 unspecified atom stereocenters. The Morgan fingerprint density at radius 3 is 2.80 bits per heavy atom. The highest BCUT2D eigenvalue weighted by Crippen LogP contribution is 2.40. The lowest BCUT2D eigenvalue weighted by atomic mass is 9.90. The van der Waals surface area contributed by atoms with Crippen LogP contribution in [-0.2, 0) is 12.0 Å². The standard InChI is InChI=1S/C13H19NO/c1-9-7-10(2)11-3-4-13(15,5-6-14)12(11)8-9/h7-8,15H,3-6,14H2,1-2H3. The number of fused-ring (bicyclic) bond motifs is 1. The highest BCUT2D eigenvalue weighted by atomic mass is 16.3. The molecule has 0 saturated heterocycles. The molecule has 2 rings (SSSR count). The maximum Gasteiger partial charge on any atom is 0.0914 e. The Morgan fingerprint density at radius 1 is 1.40 bits per heavy atom. The van der Waals surface area contributed by atoms with E-state index < -0.39 is 5.60 Å². The number of rotatable bonds is 2. The van der Waals surface area contributed by atoms with E-state index in [-0.39, 0.29) is 0 Å². The number of nitrogens with two attached hydrogens (primary N) is 1. The van der Waals surface area contributed by atoms with Crippen molar-refractivity contribution >= 4 is 0 Å². The average Bonchev–Trinajstić information content (AvgIpc) is 2.45. The van der Waals surface area contributed by atoms with Gasteiger partial charge in [-0.15, -0.1) is 0 Å². The molecule has 1 aliphatic rings. The van der Waals surface area contributed by atoms with Crippen molar-refractivity contribution in [3.63, 3.8) is 0 Å². The van der Waals surface area contributed by atoms with Crippen molar-refractivity contribution in [1.82, 2.24) is 0 Å². The van der Waals surface area contributed by atoms with Gasteiger partial charge in [0.2, 0.25) is 0 Å². The maximum absolute atomic E-state index is 10.5. The molecule has 1 aromatic rings. The fourth-order valence-corrected chi connectivity index (χ4v) is 2.71. The topological polar surface area (TPSA) is 46.2 Å². The minimum Gasteiger partial charge on any atom is -0.385 e. The van der Waals surface area contributed by atoms with E-state index in [1.54, 1.807) is 0 Å². The van der Waals surface area contributed by atoms with Crippen molar-refractivity contribution in [3.8, 4) is 0 Å². The molecule has 0 saturated carbocycles. The fourth-order valence-electron chi connectivity index (χ4n) is 2.71.